The van der Waals surface area contributed by atoms with Gasteiger partial charge < -0.3 is 14.6 Å². The van der Waals surface area contributed by atoms with E-state index >= 15 is 0 Å². The van der Waals surface area contributed by atoms with E-state index in [9.17, 15) is 10.1 Å². The number of ether oxygens (including phenoxy) is 1. The Balaban J connectivity index is 2.17. The standard InChI is InChI=1S/C21H29N5O2S/c1-6-7-12-26-19(16-8-10-17(28-5)11-9-16)24-25-20(26)29-13-18(27)23-21(4,14-22)15(2)3/h8-11,15H,6-7,12-13H2,1-5H3,(H,23,27). The first kappa shape index (κ1) is 22.8. The number of carbonyl (C=O) groups excluding carboxylic acids is 1. The van der Waals surface area contributed by atoms with E-state index in [1.54, 1.807) is 14.0 Å². The van der Waals surface area contributed by atoms with Crippen LogP contribution in [0.4, 0.5) is 0 Å². The van der Waals surface area contributed by atoms with Gasteiger partial charge in [-0.2, -0.15) is 5.26 Å². The second kappa shape index (κ2) is 10.3. The van der Waals surface area contributed by atoms with Crippen molar-refractivity contribution in [3.05, 3.63) is 24.3 Å². The maximum absolute atomic E-state index is 12.4. The Morgan fingerprint density at radius 3 is 2.59 bits per heavy atom. The van der Waals surface area contributed by atoms with E-state index in [-0.39, 0.29) is 17.6 Å². The summed E-state index contributed by atoms with van der Waals surface area (Å²) in [5.41, 5.74) is 0.0597. The molecule has 8 heteroatoms. The summed E-state index contributed by atoms with van der Waals surface area (Å²) in [5, 5.41) is 21.6. The molecule has 1 heterocycles. The summed E-state index contributed by atoms with van der Waals surface area (Å²) in [6.45, 7) is 8.48. The Labute approximate surface area is 176 Å². The van der Waals surface area contributed by atoms with E-state index in [0.717, 1.165) is 36.5 Å². The molecule has 0 aliphatic heterocycles. The van der Waals surface area contributed by atoms with E-state index in [4.69, 9.17) is 4.74 Å². The molecule has 0 aliphatic carbocycles. The molecular weight excluding hydrogens is 386 g/mol. The van der Waals surface area contributed by atoms with Crippen molar-refractivity contribution in [3.63, 3.8) is 0 Å². The number of unbranched alkanes of at least 4 members (excludes halogenated alkanes) is 1. The summed E-state index contributed by atoms with van der Waals surface area (Å²) < 4.78 is 7.27. The molecule has 0 bridgehead atoms. The number of nitrogens with zero attached hydrogens (tertiary/aromatic N) is 4. The molecule has 29 heavy (non-hydrogen) atoms. The molecule has 0 spiro atoms. The zero-order valence-electron chi connectivity index (χ0n) is 17.7. The molecule has 1 N–H and O–H groups in total. The second-order valence-electron chi connectivity index (χ2n) is 7.35. The first-order chi connectivity index (χ1) is 13.8. The third-order valence-electron chi connectivity index (χ3n) is 4.92. The first-order valence-electron chi connectivity index (χ1n) is 9.77. The minimum absolute atomic E-state index is 0.0105. The quantitative estimate of drug-likeness (QED) is 0.592. The Morgan fingerprint density at radius 2 is 2.03 bits per heavy atom. The molecular formula is C21H29N5O2S. The molecule has 0 aliphatic rings. The number of hydrogen-bond donors (Lipinski definition) is 1. The fourth-order valence-electron chi connectivity index (χ4n) is 2.62. The molecule has 0 fully saturated rings. The summed E-state index contributed by atoms with van der Waals surface area (Å²) in [6, 6.07) is 9.88. The second-order valence-corrected chi connectivity index (χ2v) is 8.29. The number of rotatable bonds is 10. The Bertz CT molecular complexity index is 857. The number of benzene rings is 1. The number of methoxy groups -OCH3 is 1. The number of nitriles is 1. The number of carbonyl (C=O) groups is 1. The maximum atomic E-state index is 12.4. The minimum Gasteiger partial charge on any atom is -0.497 e. The van der Waals surface area contributed by atoms with Crippen LogP contribution in [0.3, 0.4) is 0 Å². The Hall–Kier alpha value is -2.53. The van der Waals surface area contributed by atoms with Crippen LogP contribution >= 0.6 is 11.8 Å². The number of hydrogen-bond acceptors (Lipinski definition) is 6. The molecule has 2 aromatic rings. The maximum Gasteiger partial charge on any atom is 0.231 e. The predicted molar refractivity (Wildman–Crippen MR) is 115 cm³/mol. The van der Waals surface area contributed by atoms with Crippen molar-refractivity contribution in [2.45, 2.75) is 57.8 Å². The molecule has 1 amide bonds. The van der Waals surface area contributed by atoms with E-state index in [1.165, 1.54) is 11.8 Å². The predicted octanol–water partition coefficient (Wildman–Crippen LogP) is 3.90. The van der Waals surface area contributed by atoms with E-state index in [1.807, 2.05) is 38.1 Å². The fourth-order valence-corrected chi connectivity index (χ4v) is 3.39. The molecule has 2 rings (SSSR count). The summed E-state index contributed by atoms with van der Waals surface area (Å²) in [4.78, 5) is 12.4. The van der Waals surface area contributed by atoms with Gasteiger partial charge in [0.15, 0.2) is 11.0 Å². The Kier molecular flexibility index (Phi) is 8.09. The molecule has 1 atom stereocenters. The summed E-state index contributed by atoms with van der Waals surface area (Å²) in [5.74, 6) is 1.55. The molecule has 156 valence electrons. The van der Waals surface area contributed by atoms with Crippen molar-refractivity contribution in [3.8, 4) is 23.2 Å². The van der Waals surface area contributed by atoms with E-state index < -0.39 is 5.54 Å². The van der Waals surface area contributed by atoms with Crippen LogP contribution in [0.15, 0.2) is 29.4 Å². The van der Waals surface area contributed by atoms with Crippen LogP contribution in [0, 0.1) is 17.2 Å². The lowest BCUT2D eigenvalue weighted by molar-refractivity contribution is -0.120. The van der Waals surface area contributed by atoms with Gasteiger partial charge >= 0.3 is 0 Å². The van der Waals surface area contributed by atoms with Gasteiger partial charge in [-0.05, 0) is 43.5 Å². The molecule has 1 unspecified atom stereocenters. The summed E-state index contributed by atoms with van der Waals surface area (Å²) in [6.07, 6.45) is 2.03. The summed E-state index contributed by atoms with van der Waals surface area (Å²) in [7, 11) is 1.63. The average Bonchev–Trinajstić information content (AvgIpc) is 3.13. The van der Waals surface area contributed by atoms with E-state index in [2.05, 4.69) is 33.1 Å². The van der Waals surface area contributed by atoms with E-state index in [0.29, 0.717) is 5.16 Å². The van der Waals surface area contributed by atoms with Crippen molar-refractivity contribution in [1.82, 2.24) is 20.1 Å². The van der Waals surface area contributed by atoms with Gasteiger partial charge in [0.2, 0.25) is 5.91 Å². The van der Waals surface area contributed by atoms with Crippen molar-refractivity contribution in [1.29, 1.82) is 5.26 Å². The molecule has 1 aromatic carbocycles. The van der Waals surface area contributed by atoms with Crippen LogP contribution < -0.4 is 10.1 Å². The molecule has 1 aromatic heterocycles. The third kappa shape index (κ3) is 5.73. The van der Waals surface area contributed by atoms with Gasteiger partial charge in [-0.3, -0.25) is 4.79 Å². The topological polar surface area (TPSA) is 92.8 Å². The van der Waals surface area contributed by atoms with Crippen molar-refractivity contribution in [2.24, 2.45) is 5.92 Å². The van der Waals surface area contributed by atoms with Gasteiger partial charge in [0, 0.05) is 12.1 Å². The largest absolute Gasteiger partial charge is 0.497 e. The highest BCUT2D eigenvalue weighted by atomic mass is 32.2. The van der Waals surface area contributed by atoms with Gasteiger partial charge in [-0.25, -0.2) is 0 Å². The molecule has 0 saturated heterocycles. The zero-order valence-corrected chi connectivity index (χ0v) is 18.5. The number of amides is 1. The van der Waals surface area contributed by atoms with Crippen molar-refractivity contribution >= 4 is 17.7 Å². The summed E-state index contributed by atoms with van der Waals surface area (Å²) >= 11 is 1.33. The first-order valence-corrected chi connectivity index (χ1v) is 10.8. The fraction of sp³-hybridized carbons (Fsp3) is 0.524. The van der Waals surface area contributed by atoms with Gasteiger partial charge in [0.1, 0.15) is 11.3 Å². The molecule has 7 nitrogen and oxygen atoms in total. The zero-order chi connectivity index (χ0) is 21.4. The number of nitrogens with one attached hydrogen (secondary N) is 1. The van der Waals surface area contributed by atoms with Gasteiger partial charge in [-0.15, -0.1) is 10.2 Å². The molecule has 0 radical (unpaired) electrons. The highest BCUT2D eigenvalue weighted by Crippen LogP contribution is 2.26. The van der Waals surface area contributed by atoms with Crippen LogP contribution in [0.1, 0.15) is 40.5 Å². The van der Waals surface area contributed by atoms with Crippen molar-refractivity contribution in [2.75, 3.05) is 12.9 Å². The third-order valence-corrected chi connectivity index (χ3v) is 5.89. The monoisotopic (exact) mass is 415 g/mol. The van der Waals surface area contributed by atoms with Crippen LogP contribution in [-0.4, -0.2) is 39.1 Å². The van der Waals surface area contributed by atoms with Crippen LogP contribution in [0.25, 0.3) is 11.4 Å². The highest BCUT2D eigenvalue weighted by molar-refractivity contribution is 7.99. The van der Waals surface area contributed by atoms with Gasteiger partial charge in [0.05, 0.1) is 18.9 Å². The normalized spacial score (nSPS) is 13.0. The minimum atomic E-state index is -0.887. The van der Waals surface area contributed by atoms with Gasteiger partial charge in [-0.1, -0.05) is 39.0 Å². The average molecular weight is 416 g/mol. The number of aromatic nitrogens is 3. The van der Waals surface area contributed by atoms with Crippen LogP contribution in [0.5, 0.6) is 5.75 Å². The van der Waals surface area contributed by atoms with Crippen molar-refractivity contribution < 1.29 is 9.53 Å². The smallest absolute Gasteiger partial charge is 0.231 e. The lowest BCUT2D eigenvalue weighted by Gasteiger charge is -2.27. The highest BCUT2D eigenvalue weighted by Gasteiger charge is 2.30. The SMILES string of the molecule is CCCCn1c(SCC(=O)NC(C)(C#N)C(C)C)nnc1-c1ccc(OC)cc1. The lowest BCUT2D eigenvalue weighted by Crippen LogP contribution is -2.49. The number of thioether (sulfide) groups is 1. The van der Waals surface area contributed by atoms with Gasteiger partial charge in [0.25, 0.3) is 0 Å². The van der Waals surface area contributed by atoms with Crippen LogP contribution in [0.2, 0.25) is 0 Å². The Morgan fingerprint density at radius 1 is 1.34 bits per heavy atom. The lowest BCUT2D eigenvalue weighted by atomic mass is 9.90. The van der Waals surface area contributed by atoms with Crippen LogP contribution in [-0.2, 0) is 11.3 Å². The molecule has 0 saturated carbocycles.